The molecule has 0 aliphatic heterocycles. The number of hydrogen-bond donors (Lipinski definition) is 1. The van der Waals surface area contributed by atoms with Crippen LogP contribution in [0, 0.1) is 21.4 Å². The molecule has 0 fully saturated rings. The molecule has 2 rings (SSSR count). The maximum Gasteiger partial charge on any atom is 0.273 e. The van der Waals surface area contributed by atoms with E-state index in [1.165, 1.54) is 6.07 Å². The van der Waals surface area contributed by atoms with Crippen molar-refractivity contribution >= 4 is 21.6 Å². The van der Waals surface area contributed by atoms with Crippen molar-refractivity contribution < 1.29 is 4.92 Å². The number of nitro benzene ring substituents is 1. The first-order chi connectivity index (χ1) is 10.1. The minimum Gasteiger partial charge on any atom is -0.308 e. The smallest absolute Gasteiger partial charge is 0.273 e. The van der Waals surface area contributed by atoms with Crippen molar-refractivity contribution in [2.45, 2.75) is 13.1 Å². The molecular formula is C15H12BrN3O2. The zero-order valence-electron chi connectivity index (χ0n) is 11.0. The van der Waals surface area contributed by atoms with Crippen molar-refractivity contribution in [2.75, 3.05) is 0 Å². The van der Waals surface area contributed by atoms with Crippen molar-refractivity contribution in [1.82, 2.24) is 5.32 Å². The molecule has 0 aliphatic rings. The molecule has 0 unspecified atom stereocenters. The lowest BCUT2D eigenvalue weighted by Crippen LogP contribution is -2.13. The Morgan fingerprint density at radius 2 is 1.90 bits per heavy atom. The largest absolute Gasteiger partial charge is 0.308 e. The van der Waals surface area contributed by atoms with Crippen LogP contribution >= 0.6 is 15.9 Å². The van der Waals surface area contributed by atoms with Crippen LogP contribution in [0.2, 0.25) is 0 Å². The topological polar surface area (TPSA) is 79.0 Å². The normalized spacial score (nSPS) is 10.1. The summed E-state index contributed by atoms with van der Waals surface area (Å²) in [4.78, 5) is 10.6. The quantitative estimate of drug-likeness (QED) is 0.664. The van der Waals surface area contributed by atoms with Crippen LogP contribution < -0.4 is 5.32 Å². The predicted octanol–water partition coefficient (Wildman–Crippen LogP) is 3.52. The molecule has 106 valence electrons. The number of nitro groups is 1. The third-order valence-electron chi connectivity index (χ3n) is 2.97. The Labute approximate surface area is 130 Å². The fourth-order valence-corrected chi connectivity index (χ4v) is 2.32. The molecule has 0 saturated carbocycles. The Morgan fingerprint density at radius 1 is 1.19 bits per heavy atom. The molecule has 0 radical (unpaired) electrons. The van der Waals surface area contributed by atoms with Gasteiger partial charge in [-0.2, -0.15) is 5.26 Å². The molecular weight excluding hydrogens is 334 g/mol. The lowest BCUT2D eigenvalue weighted by molar-refractivity contribution is -0.385. The van der Waals surface area contributed by atoms with Gasteiger partial charge < -0.3 is 5.32 Å². The Hall–Kier alpha value is -2.23. The number of nitriles is 1. The van der Waals surface area contributed by atoms with Crippen LogP contribution in [0.25, 0.3) is 0 Å². The van der Waals surface area contributed by atoms with Gasteiger partial charge in [0.05, 0.1) is 16.6 Å². The summed E-state index contributed by atoms with van der Waals surface area (Å²) in [6.45, 7) is 0.977. The van der Waals surface area contributed by atoms with Crippen LogP contribution in [-0.2, 0) is 13.1 Å². The van der Waals surface area contributed by atoms with Gasteiger partial charge in [0.2, 0.25) is 0 Å². The third kappa shape index (κ3) is 4.12. The Kier molecular flexibility index (Phi) is 5.04. The van der Waals surface area contributed by atoms with Crippen molar-refractivity contribution in [2.24, 2.45) is 0 Å². The van der Waals surface area contributed by atoms with Gasteiger partial charge in [-0.1, -0.05) is 28.1 Å². The van der Waals surface area contributed by atoms with Crippen molar-refractivity contribution in [1.29, 1.82) is 5.26 Å². The van der Waals surface area contributed by atoms with Crippen LogP contribution in [-0.4, -0.2) is 4.92 Å². The van der Waals surface area contributed by atoms with Crippen molar-refractivity contribution in [3.63, 3.8) is 0 Å². The summed E-state index contributed by atoms with van der Waals surface area (Å²) in [6.07, 6.45) is 0. The van der Waals surface area contributed by atoms with Gasteiger partial charge >= 0.3 is 0 Å². The molecule has 0 aromatic heterocycles. The number of nitrogens with zero attached hydrogens (tertiary/aromatic N) is 2. The molecule has 0 heterocycles. The molecule has 0 spiro atoms. The zero-order valence-corrected chi connectivity index (χ0v) is 12.6. The Morgan fingerprint density at radius 3 is 2.52 bits per heavy atom. The first kappa shape index (κ1) is 15.2. The van der Waals surface area contributed by atoms with Gasteiger partial charge in [0, 0.05) is 29.2 Å². The highest BCUT2D eigenvalue weighted by Gasteiger charge is 2.13. The van der Waals surface area contributed by atoms with E-state index in [1.807, 2.05) is 12.1 Å². The average molecular weight is 346 g/mol. The van der Waals surface area contributed by atoms with Gasteiger partial charge in [0.25, 0.3) is 5.69 Å². The van der Waals surface area contributed by atoms with Gasteiger partial charge in [0.1, 0.15) is 0 Å². The van der Waals surface area contributed by atoms with Crippen LogP contribution in [0.3, 0.4) is 0 Å². The Bertz CT molecular complexity index is 693. The van der Waals surface area contributed by atoms with Crippen molar-refractivity contribution in [3.05, 3.63) is 73.7 Å². The molecule has 1 N–H and O–H groups in total. The minimum atomic E-state index is -0.384. The number of hydrogen-bond acceptors (Lipinski definition) is 4. The molecule has 0 bridgehead atoms. The molecule has 2 aromatic rings. The molecule has 0 aliphatic carbocycles. The van der Waals surface area contributed by atoms with E-state index in [2.05, 4.69) is 27.3 Å². The SMILES string of the molecule is N#Cc1ccc(CNCc2cc(Br)ccc2[N+](=O)[O-])cc1. The number of rotatable bonds is 5. The first-order valence-electron chi connectivity index (χ1n) is 6.22. The van der Waals surface area contributed by atoms with E-state index in [0.29, 0.717) is 24.2 Å². The highest BCUT2D eigenvalue weighted by Crippen LogP contribution is 2.22. The second-order valence-electron chi connectivity index (χ2n) is 4.44. The van der Waals surface area contributed by atoms with Gasteiger partial charge in [-0.25, -0.2) is 0 Å². The summed E-state index contributed by atoms with van der Waals surface area (Å²) >= 11 is 3.32. The van der Waals surface area contributed by atoms with E-state index in [0.717, 1.165) is 10.0 Å². The van der Waals surface area contributed by atoms with Crippen LogP contribution in [0.4, 0.5) is 5.69 Å². The fraction of sp³-hybridized carbons (Fsp3) is 0.133. The van der Waals surface area contributed by atoms with Crippen molar-refractivity contribution in [3.8, 4) is 6.07 Å². The molecule has 5 nitrogen and oxygen atoms in total. The molecule has 21 heavy (non-hydrogen) atoms. The van der Waals surface area contributed by atoms with E-state index < -0.39 is 0 Å². The number of benzene rings is 2. The van der Waals surface area contributed by atoms with Crippen LogP contribution in [0.1, 0.15) is 16.7 Å². The molecule has 0 atom stereocenters. The molecule has 2 aromatic carbocycles. The highest BCUT2D eigenvalue weighted by atomic mass is 79.9. The van der Waals surface area contributed by atoms with Gasteiger partial charge in [-0.3, -0.25) is 10.1 Å². The zero-order chi connectivity index (χ0) is 15.2. The van der Waals surface area contributed by atoms with Gasteiger partial charge in [-0.15, -0.1) is 0 Å². The van der Waals surface area contributed by atoms with E-state index in [-0.39, 0.29) is 10.6 Å². The maximum absolute atomic E-state index is 11.0. The second kappa shape index (κ2) is 6.97. The van der Waals surface area contributed by atoms with Crippen LogP contribution in [0.15, 0.2) is 46.9 Å². The lowest BCUT2D eigenvalue weighted by atomic mass is 10.1. The average Bonchev–Trinajstić information content (AvgIpc) is 2.48. The molecule has 6 heteroatoms. The minimum absolute atomic E-state index is 0.102. The summed E-state index contributed by atoms with van der Waals surface area (Å²) in [5.41, 5.74) is 2.36. The van der Waals surface area contributed by atoms with E-state index >= 15 is 0 Å². The van der Waals surface area contributed by atoms with Crippen LogP contribution in [0.5, 0.6) is 0 Å². The number of nitrogens with one attached hydrogen (secondary N) is 1. The fourth-order valence-electron chi connectivity index (χ4n) is 1.91. The third-order valence-corrected chi connectivity index (χ3v) is 3.46. The van der Waals surface area contributed by atoms with Gasteiger partial charge in [0.15, 0.2) is 0 Å². The maximum atomic E-state index is 11.0. The Balaban J connectivity index is 2.01. The predicted molar refractivity (Wildman–Crippen MR) is 82.5 cm³/mol. The highest BCUT2D eigenvalue weighted by molar-refractivity contribution is 9.10. The van der Waals surface area contributed by atoms with E-state index in [9.17, 15) is 10.1 Å². The number of halogens is 1. The van der Waals surface area contributed by atoms with E-state index in [4.69, 9.17) is 5.26 Å². The molecule has 0 saturated heterocycles. The summed E-state index contributed by atoms with van der Waals surface area (Å²) in [6, 6.07) is 14.2. The summed E-state index contributed by atoms with van der Waals surface area (Å²) in [5.74, 6) is 0. The lowest BCUT2D eigenvalue weighted by Gasteiger charge is -2.06. The first-order valence-corrected chi connectivity index (χ1v) is 7.02. The monoisotopic (exact) mass is 345 g/mol. The molecule has 0 amide bonds. The summed E-state index contributed by atoms with van der Waals surface area (Å²) in [7, 11) is 0. The second-order valence-corrected chi connectivity index (χ2v) is 5.36. The van der Waals surface area contributed by atoms with E-state index in [1.54, 1.807) is 24.3 Å². The van der Waals surface area contributed by atoms with Gasteiger partial charge in [-0.05, 0) is 29.8 Å². The standard InChI is InChI=1S/C15H12BrN3O2/c16-14-5-6-15(19(20)21)13(7-14)10-18-9-12-3-1-11(8-17)2-4-12/h1-7,18H,9-10H2. The summed E-state index contributed by atoms with van der Waals surface area (Å²) in [5, 5.41) is 22.9. The summed E-state index contributed by atoms with van der Waals surface area (Å²) < 4.78 is 0.809.